The highest BCUT2D eigenvalue weighted by atomic mass is 16.6. The van der Waals surface area contributed by atoms with Crippen LogP contribution in [0, 0.1) is 0 Å². The van der Waals surface area contributed by atoms with E-state index < -0.39 is 31.1 Å². The minimum atomic E-state index is -1.23. The summed E-state index contributed by atoms with van der Waals surface area (Å²) in [7, 11) is 0. The number of anilines is 2. The van der Waals surface area contributed by atoms with Crippen molar-refractivity contribution in [1.82, 2.24) is 39.5 Å². The number of nitrogen functional groups attached to an aromatic ring is 2. The molecule has 29 heavy (non-hydrogen) atoms. The van der Waals surface area contributed by atoms with Crippen LogP contribution in [0.4, 0.5) is 11.8 Å². The van der Waals surface area contributed by atoms with E-state index in [9.17, 15) is 10.2 Å². The molecule has 5 heterocycles. The van der Waals surface area contributed by atoms with Gasteiger partial charge in [0.15, 0.2) is 23.3 Å². The number of H-pyrrole nitrogens is 1. The second kappa shape index (κ2) is 7.51. The lowest BCUT2D eigenvalue weighted by atomic mass is 10.1. The molecule has 5 rings (SSSR count). The van der Waals surface area contributed by atoms with E-state index in [0.29, 0.717) is 11.2 Å². The molecule has 0 unspecified atom stereocenters. The molecule has 0 aromatic carbocycles. The van der Waals surface area contributed by atoms with Crippen LogP contribution in [0.5, 0.6) is 0 Å². The quantitative estimate of drug-likeness (QED) is 0.213. The smallest absolute Gasteiger partial charge is 0.224 e. The molecule has 4 atom stereocenters. The number of aliphatic hydroxyl groups is 3. The van der Waals surface area contributed by atoms with Crippen molar-refractivity contribution in [2.75, 3.05) is 18.1 Å². The average molecular weight is 402 g/mol. The lowest BCUT2D eigenvalue weighted by Gasteiger charge is -2.16. The zero-order valence-electron chi connectivity index (χ0n) is 14.9. The van der Waals surface area contributed by atoms with E-state index in [4.69, 9.17) is 21.3 Å². The largest absolute Gasteiger partial charge is 0.394 e. The van der Waals surface area contributed by atoms with Crippen LogP contribution < -0.4 is 11.5 Å². The predicted molar refractivity (Wildman–Crippen MR) is 98.8 cm³/mol. The number of imidazole rings is 2. The molecule has 0 spiro atoms. The molecule has 14 nitrogen and oxygen atoms in total. The first-order valence-corrected chi connectivity index (χ1v) is 8.46. The zero-order valence-corrected chi connectivity index (χ0v) is 14.9. The molecule has 1 aliphatic heterocycles. The minimum Gasteiger partial charge on any atom is -0.394 e. The van der Waals surface area contributed by atoms with Crippen LogP contribution in [0.25, 0.3) is 22.3 Å². The molecular weight excluding hydrogens is 384 g/mol. The topological polar surface area (TPSA) is 220 Å². The summed E-state index contributed by atoms with van der Waals surface area (Å²) in [6, 6.07) is 0. The van der Waals surface area contributed by atoms with Crippen molar-refractivity contribution in [2.45, 2.75) is 24.5 Å². The van der Waals surface area contributed by atoms with Gasteiger partial charge in [0.2, 0.25) is 5.95 Å². The number of ether oxygens (including phenoxy) is 1. The Morgan fingerprint density at radius 2 is 1.97 bits per heavy atom. The third-order valence-electron chi connectivity index (χ3n) is 4.36. The number of nitrogens with two attached hydrogens (primary N) is 2. The normalized spacial score (nSPS) is 24.0. The molecule has 0 aliphatic carbocycles. The maximum Gasteiger partial charge on any atom is 0.224 e. The molecule has 4 aromatic rings. The van der Waals surface area contributed by atoms with Gasteiger partial charge < -0.3 is 36.5 Å². The van der Waals surface area contributed by atoms with Gasteiger partial charge in [-0.25, -0.2) is 19.9 Å². The summed E-state index contributed by atoms with van der Waals surface area (Å²) in [5.74, 6) is 0.0708. The number of hydrogen-bond donors (Lipinski definition) is 6. The minimum absolute atomic E-state index is 0.0384. The van der Waals surface area contributed by atoms with Gasteiger partial charge in [0.25, 0.3) is 0 Å². The predicted octanol–water partition coefficient (Wildman–Crippen LogP) is -2.04. The number of fused-ring (bicyclic) bond motifs is 2. The van der Waals surface area contributed by atoms with Crippen molar-refractivity contribution in [1.29, 1.82) is 0 Å². The Balaban J connectivity index is 0.000000188. The fraction of sp³-hybridized carbons (Fsp3) is 0.333. The molecule has 14 heteroatoms. The van der Waals surface area contributed by atoms with Gasteiger partial charge in [-0.1, -0.05) is 0 Å². The van der Waals surface area contributed by atoms with E-state index in [-0.39, 0.29) is 17.4 Å². The van der Waals surface area contributed by atoms with Gasteiger partial charge in [0, 0.05) is 0 Å². The van der Waals surface area contributed by atoms with Crippen molar-refractivity contribution in [3.8, 4) is 0 Å². The second-order valence-corrected chi connectivity index (χ2v) is 6.18. The SMILES string of the molecule is Nc1nc(N)c2ncn([C@@H]3O[C@H](CO)[C@@H](O)[C@H]3O)c2n1.c1ncc2[nH]cnc2n1. The van der Waals surface area contributed by atoms with E-state index in [2.05, 4.69) is 34.9 Å². The number of hydrogen-bond acceptors (Lipinski definition) is 12. The van der Waals surface area contributed by atoms with Gasteiger partial charge in [-0.15, -0.1) is 0 Å². The van der Waals surface area contributed by atoms with Gasteiger partial charge in [-0.05, 0) is 0 Å². The number of aromatic nitrogens is 8. The number of aliphatic hydroxyl groups excluding tert-OH is 3. The number of nitrogens with one attached hydrogen (secondary N) is 1. The number of aromatic amines is 1. The fourth-order valence-corrected chi connectivity index (χ4v) is 2.94. The fourth-order valence-electron chi connectivity index (χ4n) is 2.94. The summed E-state index contributed by atoms with van der Waals surface area (Å²) in [6.45, 7) is -0.416. The van der Waals surface area contributed by atoms with Crippen molar-refractivity contribution in [2.24, 2.45) is 0 Å². The summed E-state index contributed by atoms with van der Waals surface area (Å²) in [6.07, 6.45) is 1.85. The van der Waals surface area contributed by atoms with Crippen LogP contribution in [0.1, 0.15) is 6.23 Å². The Bertz CT molecular complexity index is 1100. The van der Waals surface area contributed by atoms with Crippen LogP contribution in [0.3, 0.4) is 0 Å². The number of rotatable bonds is 2. The van der Waals surface area contributed by atoms with Crippen LogP contribution in [0.15, 0.2) is 25.2 Å². The van der Waals surface area contributed by atoms with Gasteiger partial charge in [0.05, 0.1) is 25.5 Å². The molecule has 152 valence electrons. The molecule has 1 aliphatic rings. The van der Waals surface area contributed by atoms with Crippen LogP contribution in [-0.4, -0.2) is 79.7 Å². The zero-order chi connectivity index (χ0) is 20.5. The Kier molecular flexibility index (Phi) is 4.89. The third-order valence-corrected chi connectivity index (χ3v) is 4.36. The van der Waals surface area contributed by atoms with Crippen LogP contribution in [0.2, 0.25) is 0 Å². The highest BCUT2D eigenvalue weighted by Gasteiger charge is 2.44. The molecule has 8 N–H and O–H groups in total. The van der Waals surface area contributed by atoms with E-state index in [1.165, 1.54) is 17.2 Å². The molecule has 0 radical (unpaired) electrons. The summed E-state index contributed by atoms with van der Waals surface area (Å²) in [5.41, 5.74) is 13.4. The summed E-state index contributed by atoms with van der Waals surface area (Å²) >= 11 is 0. The molecule has 1 fully saturated rings. The molecule has 4 aromatic heterocycles. The van der Waals surface area contributed by atoms with Gasteiger partial charge in [0.1, 0.15) is 35.7 Å². The van der Waals surface area contributed by atoms with Gasteiger partial charge in [-0.2, -0.15) is 9.97 Å². The van der Waals surface area contributed by atoms with Crippen molar-refractivity contribution < 1.29 is 20.1 Å². The molecule has 0 amide bonds. The molecule has 0 bridgehead atoms. The molecule has 0 saturated carbocycles. The maximum atomic E-state index is 9.99. The average Bonchev–Trinajstić information content (AvgIpc) is 3.41. The second-order valence-electron chi connectivity index (χ2n) is 6.18. The van der Waals surface area contributed by atoms with E-state index in [1.54, 1.807) is 12.5 Å². The van der Waals surface area contributed by atoms with E-state index in [0.717, 1.165) is 5.52 Å². The Hall–Kier alpha value is -3.46. The van der Waals surface area contributed by atoms with E-state index >= 15 is 0 Å². The highest BCUT2D eigenvalue weighted by Crippen LogP contribution is 2.32. The number of nitrogens with zero attached hydrogens (tertiary/aromatic N) is 7. The van der Waals surface area contributed by atoms with Crippen LogP contribution >= 0.6 is 0 Å². The van der Waals surface area contributed by atoms with E-state index in [1.807, 2.05) is 0 Å². The first-order chi connectivity index (χ1) is 14.0. The molecular formula is C15H18N10O4. The van der Waals surface area contributed by atoms with Gasteiger partial charge >= 0.3 is 0 Å². The monoisotopic (exact) mass is 402 g/mol. The summed E-state index contributed by atoms with van der Waals surface area (Å²) in [4.78, 5) is 26.3. The summed E-state index contributed by atoms with van der Waals surface area (Å²) in [5, 5.41) is 28.8. The lowest BCUT2D eigenvalue weighted by molar-refractivity contribution is -0.0511. The standard InChI is InChI=1S/C10H14N6O4.C5H4N4/c11-7-4-8(15-10(12)14-7)16(2-13-4)9-6(19)5(18)3(1-17)20-9;1-4-5(8-2-6-1)9-3-7-4/h2-3,5-6,9,17-19H,1H2,(H4,11,12,14,15);1-3H,(H,6,7,8,9)/t3-,5-,6-,9-;/m1./s1. The Morgan fingerprint density at radius 1 is 1.14 bits per heavy atom. The first-order valence-electron chi connectivity index (χ1n) is 8.46. The van der Waals surface area contributed by atoms with Crippen LogP contribution in [-0.2, 0) is 4.74 Å². The van der Waals surface area contributed by atoms with Gasteiger partial charge in [-0.3, -0.25) is 4.57 Å². The van der Waals surface area contributed by atoms with Crippen molar-refractivity contribution in [3.63, 3.8) is 0 Å². The highest BCUT2D eigenvalue weighted by molar-refractivity contribution is 5.82. The Labute approximate surface area is 162 Å². The third kappa shape index (κ3) is 3.40. The van der Waals surface area contributed by atoms with Crippen molar-refractivity contribution in [3.05, 3.63) is 25.2 Å². The summed E-state index contributed by atoms with van der Waals surface area (Å²) < 4.78 is 6.79. The molecule has 1 saturated heterocycles. The Morgan fingerprint density at radius 3 is 2.69 bits per heavy atom. The van der Waals surface area contributed by atoms with Crippen molar-refractivity contribution >= 4 is 34.1 Å². The lowest BCUT2D eigenvalue weighted by Crippen LogP contribution is -2.33. The first kappa shape index (κ1) is 18.9. The maximum absolute atomic E-state index is 9.99.